The number of nitrogens with zero attached hydrogens (tertiary/aromatic N) is 1. The van der Waals surface area contributed by atoms with E-state index in [0.29, 0.717) is 17.1 Å². The highest BCUT2D eigenvalue weighted by Crippen LogP contribution is 2.23. The van der Waals surface area contributed by atoms with Crippen LogP contribution in [0.5, 0.6) is 5.75 Å². The number of carbonyl (C=O) groups is 2. The molecule has 2 N–H and O–H groups in total. The topological polar surface area (TPSA) is 79.8 Å². The number of carbonyl (C=O) groups excluding carboxylic acids is 2. The molecule has 2 amide bonds. The van der Waals surface area contributed by atoms with Crippen LogP contribution in [-0.2, 0) is 16.0 Å². The summed E-state index contributed by atoms with van der Waals surface area (Å²) >= 11 is 0. The van der Waals surface area contributed by atoms with E-state index in [1.165, 1.54) is 0 Å². The summed E-state index contributed by atoms with van der Waals surface area (Å²) < 4.78 is 5.20. The van der Waals surface area contributed by atoms with E-state index in [0.717, 1.165) is 16.7 Å². The van der Waals surface area contributed by atoms with Crippen LogP contribution in [0.2, 0.25) is 0 Å². The van der Waals surface area contributed by atoms with E-state index in [9.17, 15) is 9.59 Å². The lowest BCUT2D eigenvalue weighted by Crippen LogP contribution is -2.43. The number of amides is 2. The molecule has 1 aliphatic heterocycles. The Bertz CT molecular complexity index is 1110. The van der Waals surface area contributed by atoms with E-state index in [4.69, 9.17) is 4.74 Å². The van der Waals surface area contributed by atoms with Crippen molar-refractivity contribution in [3.63, 3.8) is 0 Å². The van der Waals surface area contributed by atoms with Crippen LogP contribution in [0.3, 0.4) is 0 Å². The van der Waals surface area contributed by atoms with Crippen molar-refractivity contribution >= 4 is 23.2 Å². The van der Waals surface area contributed by atoms with Gasteiger partial charge in [-0.1, -0.05) is 60.7 Å². The first kappa shape index (κ1) is 19.4. The molecule has 0 bridgehead atoms. The van der Waals surface area contributed by atoms with Crippen LogP contribution < -0.4 is 15.4 Å². The maximum Gasteiger partial charge on any atom is 0.269 e. The predicted octanol–water partition coefficient (Wildman–Crippen LogP) is 3.17. The highest BCUT2D eigenvalue weighted by Gasteiger charge is 2.26. The van der Waals surface area contributed by atoms with E-state index in [1.54, 1.807) is 13.2 Å². The Kier molecular flexibility index (Phi) is 5.57. The van der Waals surface area contributed by atoms with Gasteiger partial charge in [0.25, 0.3) is 5.91 Å². The predicted molar refractivity (Wildman–Crippen MR) is 116 cm³/mol. The zero-order valence-corrected chi connectivity index (χ0v) is 16.5. The van der Waals surface area contributed by atoms with Gasteiger partial charge in [0, 0.05) is 11.1 Å². The van der Waals surface area contributed by atoms with Crippen molar-refractivity contribution < 1.29 is 14.3 Å². The fourth-order valence-corrected chi connectivity index (χ4v) is 3.35. The molecule has 150 valence electrons. The zero-order valence-electron chi connectivity index (χ0n) is 16.5. The molecule has 0 aliphatic carbocycles. The van der Waals surface area contributed by atoms with Crippen molar-refractivity contribution in [3.8, 4) is 5.75 Å². The maximum absolute atomic E-state index is 12.8. The van der Waals surface area contributed by atoms with Crippen LogP contribution >= 0.6 is 0 Å². The van der Waals surface area contributed by atoms with Crippen molar-refractivity contribution in [2.45, 2.75) is 12.6 Å². The van der Waals surface area contributed by atoms with Gasteiger partial charge in [0.2, 0.25) is 12.1 Å². The van der Waals surface area contributed by atoms with Gasteiger partial charge in [-0.25, -0.2) is 4.99 Å². The zero-order chi connectivity index (χ0) is 20.9. The van der Waals surface area contributed by atoms with Crippen molar-refractivity contribution in [2.24, 2.45) is 4.99 Å². The number of hydrogen-bond acceptors (Lipinski definition) is 4. The first-order chi connectivity index (χ1) is 14.6. The SMILES string of the molecule is COc1cccc(CC(=O)NC2N=C(c3ccccc3)c3ccccc3NC2=O)c1. The van der Waals surface area contributed by atoms with Crippen LogP contribution in [0.15, 0.2) is 83.9 Å². The van der Waals surface area contributed by atoms with Gasteiger partial charge in [0.1, 0.15) is 5.75 Å². The molecule has 0 radical (unpaired) electrons. The number of rotatable bonds is 5. The molecule has 30 heavy (non-hydrogen) atoms. The molecule has 3 aromatic carbocycles. The van der Waals surface area contributed by atoms with Crippen LogP contribution in [0.25, 0.3) is 0 Å². The highest BCUT2D eigenvalue weighted by atomic mass is 16.5. The van der Waals surface area contributed by atoms with Gasteiger partial charge in [-0.05, 0) is 23.8 Å². The second kappa shape index (κ2) is 8.61. The third-order valence-corrected chi connectivity index (χ3v) is 4.79. The van der Waals surface area contributed by atoms with E-state index in [2.05, 4.69) is 15.6 Å². The summed E-state index contributed by atoms with van der Waals surface area (Å²) in [4.78, 5) is 30.1. The number of benzene rings is 3. The summed E-state index contributed by atoms with van der Waals surface area (Å²) in [5, 5.41) is 5.62. The van der Waals surface area contributed by atoms with Gasteiger partial charge < -0.3 is 15.4 Å². The second-order valence-corrected chi connectivity index (χ2v) is 6.88. The summed E-state index contributed by atoms with van der Waals surface area (Å²) in [5.74, 6) is -0.00904. The summed E-state index contributed by atoms with van der Waals surface area (Å²) in [6, 6.07) is 24.3. The Morgan fingerprint density at radius 3 is 2.60 bits per heavy atom. The number of benzodiazepines with no additional fused rings is 1. The second-order valence-electron chi connectivity index (χ2n) is 6.88. The largest absolute Gasteiger partial charge is 0.497 e. The third kappa shape index (κ3) is 4.22. The van der Waals surface area contributed by atoms with Gasteiger partial charge in [0.15, 0.2) is 0 Å². The highest BCUT2D eigenvalue weighted by molar-refractivity contribution is 6.19. The molecule has 6 nitrogen and oxygen atoms in total. The molecule has 3 aromatic rings. The first-order valence-corrected chi connectivity index (χ1v) is 9.60. The number of nitrogens with one attached hydrogen (secondary N) is 2. The number of fused-ring (bicyclic) bond motifs is 1. The minimum atomic E-state index is -1.04. The summed E-state index contributed by atoms with van der Waals surface area (Å²) in [5.41, 5.74) is 3.78. The minimum absolute atomic E-state index is 0.115. The van der Waals surface area contributed by atoms with Gasteiger partial charge >= 0.3 is 0 Å². The Balaban J connectivity index is 1.62. The molecule has 1 unspecified atom stereocenters. The van der Waals surface area contributed by atoms with Gasteiger partial charge in [-0.2, -0.15) is 0 Å². The average molecular weight is 399 g/mol. The molecule has 0 fully saturated rings. The maximum atomic E-state index is 12.8. The lowest BCUT2D eigenvalue weighted by molar-refractivity contribution is -0.125. The lowest BCUT2D eigenvalue weighted by Gasteiger charge is -2.13. The van der Waals surface area contributed by atoms with Gasteiger partial charge in [-0.15, -0.1) is 0 Å². The Labute approximate surface area is 174 Å². The van der Waals surface area contributed by atoms with Crippen molar-refractivity contribution in [1.82, 2.24) is 5.32 Å². The molecule has 4 rings (SSSR count). The molecule has 0 saturated carbocycles. The summed E-state index contributed by atoms with van der Waals surface area (Å²) in [7, 11) is 1.58. The van der Waals surface area contributed by atoms with Crippen molar-refractivity contribution in [3.05, 3.63) is 95.6 Å². The molecular weight excluding hydrogens is 378 g/mol. The third-order valence-electron chi connectivity index (χ3n) is 4.79. The standard InChI is InChI=1S/C24H21N3O3/c1-30-18-11-7-8-16(14-18)15-21(28)26-23-24(29)25-20-13-6-5-12-19(20)22(27-23)17-9-3-2-4-10-17/h2-14,23H,15H2,1H3,(H,25,29)(H,26,28). The Morgan fingerprint density at radius 1 is 1.03 bits per heavy atom. The number of ether oxygens (including phenoxy) is 1. The van der Waals surface area contributed by atoms with Crippen LogP contribution in [0.4, 0.5) is 5.69 Å². The normalized spacial score (nSPS) is 15.3. The molecule has 0 saturated heterocycles. The number of anilines is 1. The van der Waals surface area contributed by atoms with Crippen molar-refractivity contribution in [2.75, 3.05) is 12.4 Å². The molecule has 6 heteroatoms. The van der Waals surface area contributed by atoms with Crippen molar-refractivity contribution in [1.29, 1.82) is 0 Å². The Hall–Kier alpha value is -3.93. The van der Waals surface area contributed by atoms with Crippen LogP contribution in [-0.4, -0.2) is 30.8 Å². The lowest BCUT2D eigenvalue weighted by atomic mass is 10.0. The first-order valence-electron chi connectivity index (χ1n) is 9.60. The number of methoxy groups -OCH3 is 1. The Morgan fingerprint density at radius 2 is 1.80 bits per heavy atom. The summed E-state index contributed by atoms with van der Waals surface area (Å²) in [6.07, 6.45) is -0.921. The molecule has 0 aromatic heterocycles. The average Bonchev–Trinajstić information content (AvgIpc) is 2.91. The van der Waals surface area contributed by atoms with Crippen LogP contribution in [0, 0.1) is 0 Å². The van der Waals surface area contributed by atoms with E-state index in [-0.39, 0.29) is 18.2 Å². The van der Waals surface area contributed by atoms with E-state index >= 15 is 0 Å². The quantitative estimate of drug-likeness (QED) is 0.692. The number of aliphatic imine (C=N–C) groups is 1. The van der Waals surface area contributed by atoms with E-state index in [1.807, 2.05) is 72.8 Å². The molecule has 0 spiro atoms. The monoisotopic (exact) mass is 399 g/mol. The molecule has 1 heterocycles. The molecular formula is C24H21N3O3. The number of para-hydroxylation sites is 1. The van der Waals surface area contributed by atoms with E-state index < -0.39 is 6.17 Å². The molecule has 1 aliphatic rings. The van der Waals surface area contributed by atoms with Gasteiger partial charge in [-0.3, -0.25) is 9.59 Å². The molecule has 1 atom stereocenters. The fourth-order valence-electron chi connectivity index (χ4n) is 3.35. The minimum Gasteiger partial charge on any atom is -0.497 e. The van der Waals surface area contributed by atoms with Gasteiger partial charge in [0.05, 0.1) is 24.9 Å². The summed E-state index contributed by atoms with van der Waals surface area (Å²) in [6.45, 7) is 0. The van der Waals surface area contributed by atoms with Crippen LogP contribution in [0.1, 0.15) is 16.7 Å². The fraction of sp³-hybridized carbons (Fsp3) is 0.125. The number of hydrogen-bond donors (Lipinski definition) is 2. The smallest absolute Gasteiger partial charge is 0.269 e.